The van der Waals surface area contributed by atoms with Gasteiger partial charge in [-0.05, 0) is 42.9 Å². The second kappa shape index (κ2) is 8.31. The predicted molar refractivity (Wildman–Crippen MR) is 92.1 cm³/mol. The van der Waals surface area contributed by atoms with Crippen LogP contribution in [0.25, 0.3) is 0 Å². The molecule has 2 aliphatic heterocycles. The third-order valence-electron chi connectivity index (χ3n) is 4.67. The maximum Gasteiger partial charge on any atom is 0.286 e. The van der Waals surface area contributed by atoms with E-state index in [4.69, 9.17) is 4.74 Å². The molecule has 2 heterocycles. The Morgan fingerprint density at radius 3 is 2.71 bits per heavy atom. The Labute approximate surface area is 143 Å². The van der Waals surface area contributed by atoms with Crippen LogP contribution in [-0.2, 0) is 22.6 Å². The number of amides is 1. The number of ether oxygens (including phenoxy) is 1. The van der Waals surface area contributed by atoms with Crippen molar-refractivity contribution in [2.75, 3.05) is 19.7 Å². The molecule has 0 saturated carbocycles. The van der Waals surface area contributed by atoms with Crippen LogP contribution in [0.4, 0.5) is 0 Å². The molecular weight excluding hydrogens is 304 g/mol. The monoisotopic (exact) mass is 330 g/mol. The first-order valence-corrected chi connectivity index (χ1v) is 8.81. The highest BCUT2D eigenvalue weighted by molar-refractivity contribution is 5.91. The highest BCUT2D eigenvalue weighted by Crippen LogP contribution is 2.17. The summed E-state index contributed by atoms with van der Waals surface area (Å²) in [6, 6.07) is 8.21. The lowest BCUT2D eigenvalue weighted by Gasteiger charge is -2.30. The van der Waals surface area contributed by atoms with Crippen molar-refractivity contribution in [3.63, 3.8) is 0 Å². The summed E-state index contributed by atoms with van der Waals surface area (Å²) >= 11 is 0. The van der Waals surface area contributed by atoms with Gasteiger partial charge in [0.1, 0.15) is 0 Å². The number of carbonyl (C=O) groups is 1. The molecule has 2 N–H and O–H groups in total. The van der Waals surface area contributed by atoms with Crippen molar-refractivity contribution in [3.05, 3.63) is 47.2 Å². The molecule has 5 heteroatoms. The number of nitrogens with one attached hydrogen (secondary N) is 1. The van der Waals surface area contributed by atoms with E-state index in [-0.39, 0.29) is 12.0 Å². The van der Waals surface area contributed by atoms with E-state index >= 15 is 0 Å². The number of allylic oxidation sites excluding steroid dienone is 1. The Morgan fingerprint density at radius 2 is 2.00 bits per heavy atom. The average Bonchev–Trinajstić information content (AvgIpc) is 2.63. The molecule has 24 heavy (non-hydrogen) atoms. The van der Waals surface area contributed by atoms with E-state index in [0.29, 0.717) is 18.9 Å². The second-order valence-corrected chi connectivity index (χ2v) is 6.52. The highest BCUT2D eigenvalue weighted by atomic mass is 16.5. The van der Waals surface area contributed by atoms with Gasteiger partial charge in [0.15, 0.2) is 5.76 Å². The summed E-state index contributed by atoms with van der Waals surface area (Å²) in [6.07, 6.45) is 5.27. The summed E-state index contributed by atoms with van der Waals surface area (Å²) in [5, 5.41) is 12.6. The maximum atomic E-state index is 12.2. The summed E-state index contributed by atoms with van der Waals surface area (Å²) in [5.74, 6) is 0.314. The minimum atomic E-state index is -0.153. The standard InChI is InChI=1S/C19H26N2O3/c22-17-8-10-21(11-9-17)14-16-6-2-1-5-15(16)13-20-19(23)18-7-3-4-12-24-18/h1-2,5-7,17,22H,3-4,8-14H2,(H,20,23). The van der Waals surface area contributed by atoms with Gasteiger partial charge >= 0.3 is 0 Å². The molecule has 0 aromatic heterocycles. The van der Waals surface area contributed by atoms with Crippen LogP contribution in [0.1, 0.15) is 36.8 Å². The molecule has 1 fully saturated rings. The lowest BCUT2D eigenvalue weighted by molar-refractivity contribution is -0.121. The molecule has 0 radical (unpaired) electrons. The molecule has 1 saturated heterocycles. The number of hydrogen-bond donors (Lipinski definition) is 2. The van der Waals surface area contributed by atoms with Gasteiger partial charge < -0.3 is 15.2 Å². The fourth-order valence-corrected chi connectivity index (χ4v) is 3.18. The molecule has 5 nitrogen and oxygen atoms in total. The van der Waals surface area contributed by atoms with Crippen LogP contribution < -0.4 is 5.32 Å². The molecule has 0 unspecified atom stereocenters. The molecule has 1 amide bonds. The molecule has 1 aromatic carbocycles. The van der Waals surface area contributed by atoms with Gasteiger partial charge in [0, 0.05) is 26.2 Å². The predicted octanol–water partition coefficient (Wildman–Crippen LogP) is 1.95. The van der Waals surface area contributed by atoms with Gasteiger partial charge in [-0.25, -0.2) is 0 Å². The summed E-state index contributed by atoms with van der Waals surface area (Å²) in [4.78, 5) is 14.5. The first-order chi connectivity index (χ1) is 11.7. The van der Waals surface area contributed by atoms with E-state index in [0.717, 1.165) is 50.9 Å². The van der Waals surface area contributed by atoms with Crippen molar-refractivity contribution in [1.29, 1.82) is 0 Å². The topological polar surface area (TPSA) is 61.8 Å². The van der Waals surface area contributed by atoms with Gasteiger partial charge in [-0.3, -0.25) is 9.69 Å². The van der Waals surface area contributed by atoms with Crippen molar-refractivity contribution in [2.24, 2.45) is 0 Å². The van der Waals surface area contributed by atoms with Crippen molar-refractivity contribution >= 4 is 5.91 Å². The zero-order valence-electron chi connectivity index (χ0n) is 14.0. The third kappa shape index (κ3) is 4.58. The normalized spacial score (nSPS) is 19.5. The fraction of sp³-hybridized carbons (Fsp3) is 0.526. The second-order valence-electron chi connectivity index (χ2n) is 6.52. The Bertz CT molecular complexity index is 592. The quantitative estimate of drug-likeness (QED) is 0.866. The number of rotatable bonds is 5. The van der Waals surface area contributed by atoms with Gasteiger partial charge in [-0.15, -0.1) is 0 Å². The van der Waals surface area contributed by atoms with Gasteiger partial charge in [0.25, 0.3) is 5.91 Å². The molecule has 3 rings (SSSR count). The summed E-state index contributed by atoms with van der Waals surface area (Å²) in [5.41, 5.74) is 2.36. The zero-order chi connectivity index (χ0) is 16.8. The smallest absolute Gasteiger partial charge is 0.286 e. The minimum absolute atomic E-state index is 0.134. The molecule has 0 bridgehead atoms. The van der Waals surface area contributed by atoms with E-state index in [1.807, 2.05) is 18.2 Å². The van der Waals surface area contributed by atoms with Crippen molar-refractivity contribution in [2.45, 2.75) is 44.9 Å². The van der Waals surface area contributed by atoms with E-state index in [1.165, 1.54) is 5.56 Å². The summed E-state index contributed by atoms with van der Waals surface area (Å²) in [6.45, 7) is 3.83. The highest BCUT2D eigenvalue weighted by Gasteiger charge is 2.18. The lowest BCUT2D eigenvalue weighted by atomic mass is 10.0. The van der Waals surface area contributed by atoms with E-state index in [2.05, 4.69) is 22.3 Å². The Balaban J connectivity index is 1.57. The van der Waals surface area contributed by atoms with Gasteiger partial charge in [0.2, 0.25) is 0 Å². The molecule has 130 valence electrons. The van der Waals surface area contributed by atoms with E-state index < -0.39 is 0 Å². The fourth-order valence-electron chi connectivity index (χ4n) is 3.18. The van der Waals surface area contributed by atoms with Crippen LogP contribution in [0.2, 0.25) is 0 Å². The third-order valence-corrected chi connectivity index (χ3v) is 4.67. The Hall–Kier alpha value is -1.85. The van der Waals surface area contributed by atoms with E-state index in [9.17, 15) is 9.90 Å². The molecule has 0 atom stereocenters. The van der Waals surface area contributed by atoms with Gasteiger partial charge in [-0.2, -0.15) is 0 Å². The SMILES string of the molecule is O=C(NCc1ccccc1CN1CCC(O)CC1)C1=CCCCO1. The van der Waals surface area contributed by atoms with E-state index in [1.54, 1.807) is 0 Å². The number of hydrogen-bond acceptors (Lipinski definition) is 4. The summed E-state index contributed by atoms with van der Waals surface area (Å²) in [7, 11) is 0. The molecule has 2 aliphatic rings. The number of benzene rings is 1. The number of carbonyl (C=O) groups excluding carboxylic acids is 1. The lowest BCUT2D eigenvalue weighted by Crippen LogP contribution is -2.35. The first-order valence-electron chi connectivity index (χ1n) is 8.81. The summed E-state index contributed by atoms with van der Waals surface area (Å²) < 4.78 is 5.41. The van der Waals surface area contributed by atoms with Gasteiger partial charge in [0.05, 0.1) is 12.7 Å². The number of likely N-dealkylation sites (tertiary alicyclic amines) is 1. The van der Waals surface area contributed by atoms with Crippen LogP contribution in [0.5, 0.6) is 0 Å². The average molecular weight is 330 g/mol. The van der Waals surface area contributed by atoms with Crippen LogP contribution in [-0.4, -0.2) is 41.7 Å². The van der Waals surface area contributed by atoms with Crippen LogP contribution in [0.15, 0.2) is 36.1 Å². The van der Waals surface area contributed by atoms with Crippen LogP contribution in [0, 0.1) is 0 Å². The van der Waals surface area contributed by atoms with Crippen LogP contribution >= 0.6 is 0 Å². The number of aliphatic hydroxyl groups is 1. The number of nitrogens with zero attached hydrogens (tertiary/aromatic N) is 1. The largest absolute Gasteiger partial charge is 0.488 e. The minimum Gasteiger partial charge on any atom is -0.488 e. The first kappa shape index (κ1) is 17.0. The number of aliphatic hydroxyl groups excluding tert-OH is 1. The number of piperidine rings is 1. The van der Waals surface area contributed by atoms with Crippen molar-refractivity contribution in [3.8, 4) is 0 Å². The molecular formula is C19H26N2O3. The maximum absolute atomic E-state index is 12.2. The van der Waals surface area contributed by atoms with Crippen molar-refractivity contribution in [1.82, 2.24) is 10.2 Å². The van der Waals surface area contributed by atoms with Crippen LogP contribution in [0.3, 0.4) is 0 Å². The molecule has 0 spiro atoms. The Kier molecular flexibility index (Phi) is 5.88. The Morgan fingerprint density at radius 1 is 1.25 bits per heavy atom. The van der Waals surface area contributed by atoms with Crippen molar-refractivity contribution < 1.29 is 14.6 Å². The zero-order valence-corrected chi connectivity index (χ0v) is 14.0. The van der Waals surface area contributed by atoms with Gasteiger partial charge in [-0.1, -0.05) is 24.3 Å². The molecule has 0 aliphatic carbocycles. The molecule has 1 aromatic rings.